The van der Waals surface area contributed by atoms with Gasteiger partial charge < -0.3 is 5.11 Å². The van der Waals surface area contributed by atoms with Gasteiger partial charge in [-0.3, -0.25) is 4.79 Å². The molecule has 0 saturated heterocycles. The number of hydrogen-bond acceptors (Lipinski definition) is 2. The number of hydrogen-bond donors (Lipinski definition) is 1. The van der Waals surface area contributed by atoms with E-state index >= 15 is 0 Å². The molecular formula is C14H18O2. The number of unbranched alkanes of at least 4 members (excludes halogenated alkanes) is 3. The molecule has 0 heterocycles. The Hall–Kier alpha value is -1.57. The zero-order valence-electron chi connectivity index (χ0n) is 9.65. The highest BCUT2D eigenvalue weighted by atomic mass is 16.3. The summed E-state index contributed by atoms with van der Waals surface area (Å²) in [5, 5.41) is 9.08. The van der Waals surface area contributed by atoms with E-state index in [2.05, 4.69) is 6.92 Å². The molecule has 86 valence electrons. The van der Waals surface area contributed by atoms with Gasteiger partial charge in [0.05, 0.1) is 0 Å². The van der Waals surface area contributed by atoms with Crippen molar-refractivity contribution in [1.82, 2.24) is 0 Å². The predicted octanol–water partition coefficient (Wildman–Crippen LogP) is 3.71. The van der Waals surface area contributed by atoms with Crippen LogP contribution in [0.15, 0.2) is 36.4 Å². The molecule has 1 aromatic rings. The molecule has 2 nitrogen and oxygen atoms in total. The molecule has 0 amide bonds. The van der Waals surface area contributed by atoms with E-state index in [0.717, 1.165) is 12.8 Å². The van der Waals surface area contributed by atoms with E-state index in [1.54, 1.807) is 18.2 Å². The molecule has 0 spiro atoms. The van der Waals surface area contributed by atoms with Crippen molar-refractivity contribution in [2.45, 2.75) is 32.6 Å². The van der Waals surface area contributed by atoms with Crippen LogP contribution >= 0.6 is 0 Å². The molecule has 0 aromatic heterocycles. The molecule has 1 rings (SSSR count). The van der Waals surface area contributed by atoms with Crippen LogP contribution in [0.4, 0.5) is 0 Å². The number of phenolic OH excluding ortho intramolecular Hbond substituents is 1. The maximum Gasteiger partial charge on any atom is 0.185 e. The summed E-state index contributed by atoms with van der Waals surface area (Å²) in [6.45, 7) is 2.16. The average molecular weight is 218 g/mol. The maximum absolute atomic E-state index is 11.6. The van der Waals surface area contributed by atoms with Crippen LogP contribution in [0.5, 0.6) is 5.75 Å². The quantitative estimate of drug-likeness (QED) is 0.449. The number of aromatic hydroxyl groups is 1. The van der Waals surface area contributed by atoms with Crippen molar-refractivity contribution >= 4 is 5.78 Å². The van der Waals surface area contributed by atoms with Crippen molar-refractivity contribution in [2.24, 2.45) is 0 Å². The van der Waals surface area contributed by atoms with Crippen molar-refractivity contribution in [3.8, 4) is 5.75 Å². The topological polar surface area (TPSA) is 37.3 Å². The molecule has 0 fully saturated rings. The third-order valence-corrected chi connectivity index (χ3v) is 2.40. The van der Waals surface area contributed by atoms with Crippen molar-refractivity contribution < 1.29 is 9.90 Å². The lowest BCUT2D eigenvalue weighted by atomic mass is 10.1. The van der Waals surface area contributed by atoms with Crippen LogP contribution in [-0.2, 0) is 0 Å². The molecule has 1 N–H and O–H groups in total. The van der Waals surface area contributed by atoms with E-state index in [-0.39, 0.29) is 11.5 Å². The summed E-state index contributed by atoms with van der Waals surface area (Å²) < 4.78 is 0. The van der Waals surface area contributed by atoms with Crippen LogP contribution in [0.3, 0.4) is 0 Å². The predicted molar refractivity (Wildman–Crippen MR) is 65.7 cm³/mol. The molecule has 2 heteroatoms. The largest absolute Gasteiger partial charge is 0.508 e. The Bertz CT molecular complexity index is 350. The Balaban J connectivity index is 2.43. The fourth-order valence-electron chi connectivity index (χ4n) is 1.42. The first kappa shape index (κ1) is 12.5. The van der Waals surface area contributed by atoms with E-state index in [1.165, 1.54) is 25.0 Å². The SMILES string of the molecule is CCCCCC=CC(=O)c1ccc(O)cc1. The van der Waals surface area contributed by atoms with E-state index in [0.29, 0.717) is 5.56 Å². The first-order valence-electron chi connectivity index (χ1n) is 5.74. The van der Waals surface area contributed by atoms with Crippen LogP contribution in [0.25, 0.3) is 0 Å². The highest BCUT2D eigenvalue weighted by Crippen LogP contribution is 2.10. The van der Waals surface area contributed by atoms with Gasteiger partial charge in [0.15, 0.2) is 5.78 Å². The molecule has 0 unspecified atom stereocenters. The minimum absolute atomic E-state index is 0.00324. The highest BCUT2D eigenvalue weighted by molar-refractivity contribution is 6.04. The minimum Gasteiger partial charge on any atom is -0.508 e. The lowest BCUT2D eigenvalue weighted by molar-refractivity contribution is 0.104. The molecule has 0 aliphatic rings. The Morgan fingerprint density at radius 1 is 1.25 bits per heavy atom. The number of phenols is 1. The van der Waals surface area contributed by atoms with E-state index < -0.39 is 0 Å². The first-order valence-corrected chi connectivity index (χ1v) is 5.74. The number of rotatable bonds is 6. The van der Waals surface area contributed by atoms with Gasteiger partial charge >= 0.3 is 0 Å². The Morgan fingerprint density at radius 3 is 2.56 bits per heavy atom. The Labute approximate surface area is 96.6 Å². The molecule has 0 aliphatic heterocycles. The van der Waals surface area contributed by atoms with Crippen molar-refractivity contribution in [1.29, 1.82) is 0 Å². The van der Waals surface area contributed by atoms with Gasteiger partial charge in [0.1, 0.15) is 5.75 Å². The average Bonchev–Trinajstić information content (AvgIpc) is 2.29. The summed E-state index contributed by atoms with van der Waals surface area (Å²) >= 11 is 0. The maximum atomic E-state index is 11.6. The second kappa shape index (κ2) is 6.83. The molecule has 0 atom stereocenters. The van der Waals surface area contributed by atoms with Gasteiger partial charge in [-0.05, 0) is 43.2 Å². The molecule has 0 bridgehead atoms. The number of carbonyl (C=O) groups is 1. The molecule has 16 heavy (non-hydrogen) atoms. The van der Waals surface area contributed by atoms with Crippen LogP contribution in [0.2, 0.25) is 0 Å². The van der Waals surface area contributed by atoms with Crippen molar-refractivity contribution in [3.05, 3.63) is 42.0 Å². The summed E-state index contributed by atoms with van der Waals surface area (Å²) in [6.07, 6.45) is 8.03. The zero-order chi connectivity index (χ0) is 11.8. The fourth-order valence-corrected chi connectivity index (χ4v) is 1.42. The van der Waals surface area contributed by atoms with Gasteiger partial charge in [-0.15, -0.1) is 0 Å². The van der Waals surface area contributed by atoms with Crippen molar-refractivity contribution in [2.75, 3.05) is 0 Å². The van der Waals surface area contributed by atoms with Crippen LogP contribution in [-0.4, -0.2) is 10.9 Å². The molecular weight excluding hydrogens is 200 g/mol. The first-order chi connectivity index (χ1) is 7.74. The second-order valence-electron chi connectivity index (χ2n) is 3.81. The van der Waals surface area contributed by atoms with E-state index in [1.807, 2.05) is 6.08 Å². The van der Waals surface area contributed by atoms with Gasteiger partial charge in [0.2, 0.25) is 0 Å². The van der Waals surface area contributed by atoms with Crippen LogP contribution < -0.4 is 0 Å². The molecule has 0 radical (unpaired) electrons. The summed E-state index contributed by atoms with van der Waals surface area (Å²) in [6, 6.07) is 6.32. The summed E-state index contributed by atoms with van der Waals surface area (Å²) in [7, 11) is 0. The van der Waals surface area contributed by atoms with E-state index in [4.69, 9.17) is 5.11 Å². The highest BCUT2D eigenvalue weighted by Gasteiger charge is 2.00. The normalized spacial score (nSPS) is 10.8. The van der Waals surface area contributed by atoms with Gasteiger partial charge in [-0.1, -0.05) is 25.8 Å². The third kappa shape index (κ3) is 4.30. The Morgan fingerprint density at radius 2 is 1.94 bits per heavy atom. The van der Waals surface area contributed by atoms with Gasteiger partial charge in [-0.2, -0.15) is 0 Å². The zero-order valence-corrected chi connectivity index (χ0v) is 9.65. The minimum atomic E-state index is -0.00324. The lowest BCUT2D eigenvalue weighted by Gasteiger charge is -1.96. The number of benzene rings is 1. The number of allylic oxidation sites excluding steroid dienone is 2. The fraction of sp³-hybridized carbons (Fsp3) is 0.357. The summed E-state index contributed by atoms with van der Waals surface area (Å²) in [4.78, 5) is 11.6. The van der Waals surface area contributed by atoms with Gasteiger partial charge in [0, 0.05) is 5.56 Å². The molecule has 1 aromatic carbocycles. The lowest BCUT2D eigenvalue weighted by Crippen LogP contribution is -1.92. The standard InChI is InChI=1S/C14H18O2/c1-2-3-4-5-6-7-14(16)12-8-10-13(15)11-9-12/h6-11,15H,2-5H2,1H3. The molecule has 0 saturated carbocycles. The second-order valence-corrected chi connectivity index (χ2v) is 3.81. The monoisotopic (exact) mass is 218 g/mol. The van der Waals surface area contributed by atoms with Crippen molar-refractivity contribution in [3.63, 3.8) is 0 Å². The van der Waals surface area contributed by atoms with Gasteiger partial charge in [-0.25, -0.2) is 0 Å². The number of carbonyl (C=O) groups excluding carboxylic acids is 1. The van der Waals surface area contributed by atoms with Crippen LogP contribution in [0, 0.1) is 0 Å². The molecule has 0 aliphatic carbocycles. The third-order valence-electron chi connectivity index (χ3n) is 2.40. The summed E-state index contributed by atoms with van der Waals surface area (Å²) in [5.41, 5.74) is 0.615. The Kier molecular flexibility index (Phi) is 5.34. The van der Waals surface area contributed by atoms with Gasteiger partial charge in [0.25, 0.3) is 0 Å². The smallest absolute Gasteiger partial charge is 0.185 e. The summed E-state index contributed by atoms with van der Waals surface area (Å²) in [5.74, 6) is 0.181. The van der Waals surface area contributed by atoms with Crippen LogP contribution in [0.1, 0.15) is 43.0 Å². The van der Waals surface area contributed by atoms with E-state index in [9.17, 15) is 4.79 Å². The number of ketones is 1.